The van der Waals surface area contributed by atoms with Crippen LogP contribution < -0.4 is 14.4 Å². The standard InChI is InChI=1S/C27H38N4O5S/c1-5-25(27(33)28-22-13-9-10-14-22)30(19-21-12-11-17-24(18-21)36-4)26(32)20-31(37(34,35)29(2)3)23-15-7-6-8-16-23/h6-8,11-12,15-18,22,25H,5,9-10,13-14,19-20H2,1-4H3,(H,28,33). The van der Waals surface area contributed by atoms with Gasteiger partial charge in [-0.05, 0) is 49.1 Å². The molecule has 10 heteroatoms. The second-order valence-electron chi connectivity index (χ2n) is 9.42. The highest BCUT2D eigenvalue weighted by molar-refractivity contribution is 7.90. The van der Waals surface area contributed by atoms with Crippen LogP contribution in [0.5, 0.6) is 5.75 Å². The molecule has 0 heterocycles. The first-order valence-electron chi connectivity index (χ1n) is 12.6. The molecular formula is C27H38N4O5S. The van der Waals surface area contributed by atoms with E-state index >= 15 is 0 Å². The minimum atomic E-state index is -3.98. The molecule has 202 valence electrons. The van der Waals surface area contributed by atoms with E-state index in [0.29, 0.717) is 17.9 Å². The van der Waals surface area contributed by atoms with Crippen LogP contribution in [0, 0.1) is 0 Å². The molecule has 1 fully saturated rings. The molecule has 3 rings (SSSR count). The molecule has 1 saturated carbocycles. The lowest BCUT2D eigenvalue weighted by Crippen LogP contribution is -2.54. The van der Waals surface area contributed by atoms with Gasteiger partial charge < -0.3 is 15.0 Å². The number of ether oxygens (including phenoxy) is 1. The van der Waals surface area contributed by atoms with Gasteiger partial charge in [0.15, 0.2) is 0 Å². The summed E-state index contributed by atoms with van der Waals surface area (Å²) in [7, 11) is 0.437. The van der Waals surface area contributed by atoms with Crippen molar-refractivity contribution in [2.75, 3.05) is 32.1 Å². The lowest BCUT2D eigenvalue weighted by atomic mass is 10.1. The van der Waals surface area contributed by atoms with Gasteiger partial charge in [-0.25, -0.2) is 4.31 Å². The maximum absolute atomic E-state index is 13.9. The number of para-hydroxylation sites is 1. The summed E-state index contributed by atoms with van der Waals surface area (Å²) < 4.78 is 33.9. The molecule has 9 nitrogen and oxygen atoms in total. The second-order valence-corrected chi connectivity index (χ2v) is 11.5. The Labute approximate surface area is 220 Å². The number of methoxy groups -OCH3 is 1. The van der Waals surface area contributed by atoms with E-state index in [4.69, 9.17) is 4.74 Å². The third-order valence-electron chi connectivity index (χ3n) is 6.64. The molecule has 37 heavy (non-hydrogen) atoms. The van der Waals surface area contributed by atoms with Gasteiger partial charge >= 0.3 is 10.2 Å². The largest absolute Gasteiger partial charge is 0.497 e. The molecule has 1 aliphatic rings. The number of carbonyl (C=O) groups is 2. The van der Waals surface area contributed by atoms with E-state index in [1.165, 1.54) is 19.0 Å². The molecule has 0 bridgehead atoms. The zero-order valence-corrected chi connectivity index (χ0v) is 22.9. The summed E-state index contributed by atoms with van der Waals surface area (Å²) >= 11 is 0. The van der Waals surface area contributed by atoms with Gasteiger partial charge in [0.25, 0.3) is 0 Å². The van der Waals surface area contributed by atoms with Gasteiger partial charge in [-0.1, -0.05) is 50.1 Å². The van der Waals surface area contributed by atoms with Crippen LogP contribution in [-0.4, -0.2) is 69.3 Å². The average molecular weight is 531 g/mol. The summed E-state index contributed by atoms with van der Waals surface area (Å²) in [5.41, 5.74) is 1.15. The van der Waals surface area contributed by atoms with Crippen LogP contribution in [-0.2, 0) is 26.3 Å². The summed E-state index contributed by atoms with van der Waals surface area (Å²) in [5, 5.41) is 3.11. The van der Waals surface area contributed by atoms with E-state index in [2.05, 4.69) is 5.32 Å². The van der Waals surface area contributed by atoms with Crippen molar-refractivity contribution in [3.05, 3.63) is 60.2 Å². The zero-order chi connectivity index (χ0) is 27.0. The quantitative estimate of drug-likeness (QED) is 0.455. The number of amides is 2. The fourth-order valence-electron chi connectivity index (χ4n) is 4.57. The zero-order valence-electron chi connectivity index (χ0n) is 22.1. The molecule has 2 aromatic rings. The number of hydrogen-bond donors (Lipinski definition) is 1. The number of anilines is 1. The molecule has 1 atom stereocenters. The van der Waals surface area contributed by atoms with E-state index in [0.717, 1.165) is 39.9 Å². The normalized spacial score (nSPS) is 14.8. The molecular weight excluding hydrogens is 492 g/mol. The highest BCUT2D eigenvalue weighted by atomic mass is 32.2. The fraction of sp³-hybridized carbons (Fsp3) is 0.481. The monoisotopic (exact) mass is 530 g/mol. The Morgan fingerprint density at radius 2 is 1.73 bits per heavy atom. The van der Waals surface area contributed by atoms with E-state index in [9.17, 15) is 18.0 Å². The van der Waals surface area contributed by atoms with Gasteiger partial charge in [-0.15, -0.1) is 0 Å². The molecule has 0 aliphatic heterocycles. The molecule has 0 radical (unpaired) electrons. The van der Waals surface area contributed by atoms with Gasteiger partial charge in [0.1, 0.15) is 18.3 Å². The summed E-state index contributed by atoms with van der Waals surface area (Å²) in [5.74, 6) is -0.0488. The predicted molar refractivity (Wildman–Crippen MR) is 144 cm³/mol. The lowest BCUT2D eigenvalue weighted by Gasteiger charge is -2.34. The molecule has 0 saturated heterocycles. The van der Waals surface area contributed by atoms with Crippen LogP contribution in [0.3, 0.4) is 0 Å². The number of hydrogen-bond acceptors (Lipinski definition) is 5. The van der Waals surface area contributed by atoms with E-state index in [1.54, 1.807) is 43.5 Å². The van der Waals surface area contributed by atoms with E-state index < -0.39 is 28.7 Å². The maximum atomic E-state index is 13.9. The lowest BCUT2D eigenvalue weighted by molar-refractivity contribution is -0.140. The second kappa shape index (κ2) is 12.9. The number of benzene rings is 2. The SMILES string of the molecule is CCC(C(=O)NC1CCCC1)N(Cc1cccc(OC)c1)C(=O)CN(c1ccccc1)S(=O)(=O)N(C)C. The number of nitrogens with one attached hydrogen (secondary N) is 1. The smallest absolute Gasteiger partial charge is 0.304 e. The Morgan fingerprint density at radius 3 is 2.32 bits per heavy atom. The first kappa shape index (κ1) is 28.5. The Bertz CT molecular complexity index is 1150. The minimum Gasteiger partial charge on any atom is -0.497 e. The van der Waals surface area contributed by atoms with Crippen LogP contribution >= 0.6 is 0 Å². The molecule has 1 unspecified atom stereocenters. The Kier molecular flexibility index (Phi) is 9.93. The van der Waals surface area contributed by atoms with Gasteiger partial charge in [-0.2, -0.15) is 12.7 Å². The Balaban J connectivity index is 1.96. The van der Waals surface area contributed by atoms with Crippen molar-refractivity contribution in [3.8, 4) is 5.75 Å². The van der Waals surface area contributed by atoms with Gasteiger partial charge in [0, 0.05) is 26.7 Å². The molecule has 2 amide bonds. The Morgan fingerprint density at radius 1 is 1.05 bits per heavy atom. The molecule has 0 spiro atoms. The van der Waals surface area contributed by atoms with Crippen molar-refractivity contribution < 1.29 is 22.7 Å². The summed E-state index contributed by atoms with van der Waals surface area (Å²) in [6, 6.07) is 15.2. The van der Waals surface area contributed by atoms with Crippen LogP contribution in [0.25, 0.3) is 0 Å². The van der Waals surface area contributed by atoms with Crippen molar-refractivity contribution in [2.45, 2.75) is 57.7 Å². The highest BCUT2D eigenvalue weighted by Gasteiger charge is 2.34. The third-order valence-corrected chi connectivity index (χ3v) is 8.46. The van der Waals surface area contributed by atoms with Crippen molar-refractivity contribution >= 4 is 27.7 Å². The average Bonchev–Trinajstić information content (AvgIpc) is 3.40. The van der Waals surface area contributed by atoms with Gasteiger partial charge in [0.2, 0.25) is 11.8 Å². The van der Waals surface area contributed by atoms with E-state index in [-0.39, 0.29) is 18.5 Å². The molecule has 2 aromatic carbocycles. The fourth-order valence-corrected chi connectivity index (χ4v) is 5.62. The Hall–Kier alpha value is -3.11. The molecule has 1 N–H and O–H groups in total. The topological polar surface area (TPSA) is 99.3 Å². The highest BCUT2D eigenvalue weighted by Crippen LogP contribution is 2.23. The maximum Gasteiger partial charge on any atom is 0.304 e. The number of rotatable bonds is 12. The van der Waals surface area contributed by atoms with Gasteiger partial charge in [0.05, 0.1) is 12.8 Å². The van der Waals surface area contributed by atoms with Crippen molar-refractivity contribution in [2.24, 2.45) is 0 Å². The van der Waals surface area contributed by atoms with E-state index in [1.807, 2.05) is 25.1 Å². The first-order valence-corrected chi connectivity index (χ1v) is 14.0. The number of carbonyl (C=O) groups excluding carboxylic acids is 2. The molecule has 0 aromatic heterocycles. The van der Waals surface area contributed by atoms with Crippen molar-refractivity contribution in [1.29, 1.82) is 0 Å². The molecule has 1 aliphatic carbocycles. The van der Waals surface area contributed by atoms with Crippen molar-refractivity contribution in [1.82, 2.24) is 14.5 Å². The predicted octanol–water partition coefficient (Wildman–Crippen LogP) is 3.17. The number of nitrogens with zero attached hydrogens (tertiary/aromatic N) is 3. The summed E-state index contributed by atoms with van der Waals surface area (Å²) in [6.45, 7) is 1.55. The minimum absolute atomic E-state index is 0.102. The van der Waals surface area contributed by atoms with Crippen LogP contribution in [0.1, 0.15) is 44.6 Å². The summed E-state index contributed by atoms with van der Waals surface area (Å²) in [4.78, 5) is 28.8. The first-order chi connectivity index (χ1) is 17.7. The van der Waals surface area contributed by atoms with Crippen LogP contribution in [0.15, 0.2) is 54.6 Å². The van der Waals surface area contributed by atoms with Crippen molar-refractivity contribution in [3.63, 3.8) is 0 Å². The van der Waals surface area contributed by atoms with Gasteiger partial charge in [-0.3, -0.25) is 9.59 Å². The third kappa shape index (κ3) is 7.23. The van der Waals surface area contributed by atoms with Crippen LogP contribution in [0.2, 0.25) is 0 Å². The van der Waals surface area contributed by atoms with Crippen LogP contribution in [0.4, 0.5) is 5.69 Å². The summed E-state index contributed by atoms with van der Waals surface area (Å²) in [6.07, 6.45) is 4.38.